The second-order valence-corrected chi connectivity index (χ2v) is 11.6. The Morgan fingerprint density at radius 2 is 1.83 bits per heavy atom. The van der Waals surface area contributed by atoms with Gasteiger partial charge in [0.1, 0.15) is 18.0 Å². The van der Waals surface area contributed by atoms with Crippen molar-refractivity contribution < 1.29 is 23.5 Å². The van der Waals surface area contributed by atoms with Gasteiger partial charge >= 0.3 is 6.09 Å². The van der Waals surface area contributed by atoms with Crippen molar-refractivity contribution in [3.63, 3.8) is 0 Å². The fraction of sp³-hybridized carbons (Fsp3) is 0.469. The lowest BCUT2D eigenvalue weighted by Gasteiger charge is -2.30. The van der Waals surface area contributed by atoms with Crippen LogP contribution < -0.4 is 10.1 Å². The SMILES string of the molecule is Cc1nc(-c2c(-c3ccc(NC(=O)OC(C)C4CC4)cc3)n(C3CCC3)c3cc(OC4CCOCC4)ccc23)no1. The lowest BCUT2D eigenvalue weighted by Crippen LogP contribution is -2.25. The number of carbonyl (C=O) groups is 1. The fourth-order valence-corrected chi connectivity index (χ4v) is 5.97. The van der Waals surface area contributed by atoms with Crippen LogP contribution >= 0.6 is 0 Å². The van der Waals surface area contributed by atoms with E-state index in [9.17, 15) is 4.79 Å². The topological polar surface area (TPSA) is 101 Å². The van der Waals surface area contributed by atoms with Gasteiger partial charge in [0.05, 0.1) is 30.0 Å². The maximum absolute atomic E-state index is 12.5. The zero-order valence-corrected chi connectivity index (χ0v) is 23.6. The number of hydrogen-bond acceptors (Lipinski definition) is 7. The van der Waals surface area contributed by atoms with Crippen LogP contribution in [0.4, 0.5) is 10.5 Å². The molecule has 41 heavy (non-hydrogen) atoms. The second kappa shape index (κ2) is 10.9. The summed E-state index contributed by atoms with van der Waals surface area (Å²) in [6.45, 7) is 5.24. The monoisotopic (exact) mass is 556 g/mol. The van der Waals surface area contributed by atoms with Gasteiger partial charge in [0, 0.05) is 42.9 Å². The van der Waals surface area contributed by atoms with Crippen LogP contribution in [0.25, 0.3) is 33.5 Å². The number of rotatable bonds is 8. The van der Waals surface area contributed by atoms with Gasteiger partial charge in [-0.25, -0.2) is 4.79 Å². The molecule has 1 N–H and O–H groups in total. The Labute approximate surface area is 239 Å². The van der Waals surface area contributed by atoms with Crippen molar-refractivity contribution in [1.29, 1.82) is 0 Å². The molecule has 1 aliphatic heterocycles. The van der Waals surface area contributed by atoms with Gasteiger partial charge in [-0.2, -0.15) is 4.98 Å². The highest BCUT2D eigenvalue weighted by Crippen LogP contribution is 2.47. The molecule has 0 spiro atoms. The van der Waals surface area contributed by atoms with Gasteiger partial charge in [-0.1, -0.05) is 17.3 Å². The fourth-order valence-electron chi connectivity index (χ4n) is 5.97. The summed E-state index contributed by atoms with van der Waals surface area (Å²) >= 11 is 0. The highest BCUT2D eigenvalue weighted by atomic mass is 16.6. The molecule has 2 aromatic carbocycles. The third-order valence-corrected chi connectivity index (χ3v) is 8.62. The number of nitrogens with one attached hydrogen (secondary N) is 1. The molecule has 1 amide bonds. The van der Waals surface area contributed by atoms with E-state index in [1.54, 1.807) is 0 Å². The standard InChI is InChI=1S/C32H36N4O5/c1-19(21-6-7-21)39-32(37)34-23-10-8-22(9-11-23)30-29(31-33-20(2)41-35-31)27-13-12-26(40-25-14-16-38-17-15-25)18-28(27)36(30)24-4-3-5-24/h8-13,18-19,21,24-25H,3-7,14-17H2,1-2H3,(H,34,37). The number of aryl methyl sites for hydroxylation is 1. The number of carbonyl (C=O) groups excluding carboxylic acids is 1. The van der Waals surface area contributed by atoms with Crippen LogP contribution in [0, 0.1) is 12.8 Å². The molecule has 2 saturated carbocycles. The Morgan fingerprint density at radius 3 is 2.49 bits per heavy atom. The molecule has 0 radical (unpaired) electrons. The minimum atomic E-state index is -0.416. The first-order chi connectivity index (χ1) is 20.0. The quantitative estimate of drug-likeness (QED) is 0.243. The van der Waals surface area contributed by atoms with Gasteiger partial charge < -0.3 is 23.3 Å². The van der Waals surface area contributed by atoms with Crippen molar-refractivity contribution in [3.8, 4) is 28.4 Å². The van der Waals surface area contributed by atoms with Gasteiger partial charge in [0.2, 0.25) is 11.7 Å². The van der Waals surface area contributed by atoms with E-state index in [1.807, 2.05) is 44.2 Å². The van der Waals surface area contributed by atoms with Gasteiger partial charge in [-0.15, -0.1) is 0 Å². The molecule has 2 aromatic heterocycles. The van der Waals surface area contributed by atoms with Crippen LogP contribution in [0.15, 0.2) is 47.0 Å². The molecule has 9 heteroatoms. The van der Waals surface area contributed by atoms with Gasteiger partial charge in [0.25, 0.3) is 0 Å². The predicted octanol–water partition coefficient (Wildman–Crippen LogP) is 7.30. The van der Waals surface area contributed by atoms with Crippen LogP contribution in [-0.4, -0.2) is 46.2 Å². The Hall–Kier alpha value is -3.85. The number of aromatic nitrogens is 3. The molecule has 1 saturated heterocycles. The summed E-state index contributed by atoms with van der Waals surface area (Å²) in [6.07, 6.45) is 7.15. The first-order valence-corrected chi connectivity index (χ1v) is 14.8. The molecular weight excluding hydrogens is 520 g/mol. The van der Waals surface area contributed by atoms with Gasteiger partial charge in [0.15, 0.2) is 0 Å². The van der Waals surface area contributed by atoms with Crippen molar-refractivity contribution in [3.05, 3.63) is 48.4 Å². The number of anilines is 1. The third kappa shape index (κ3) is 5.30. The van der Waals surface area contributed by atoms with Crippen molar-refractivity contribution >= 4 is 22.7 Å². The van der Waals surface area contributed by atoms with Crippen LogP contribution in [0.3, 0.4) is 0 Å². The zero-order valence-electron chi connectivity index (χ0n) is 23.6. The van der Waals surface area contributed by atoms with Crippen molar-refractivity contribution in [2.75, 3.05) is 18.5 Å². The minimum Gasteiger partial charge on any atom is -0.490 e. The summed E-state index contributed by atoms with van der Waals surface area (Å²) < 4.78 is 25.4. The van der Waals surface area contributed by atoms with Crippen LogP contribution in [0.1, 0.15) is 63.8 Å². The maximum atomic E-state index is 12.5. The molecule has 9 nitrogen and oxygen atoms in total. The largest absolute Gasteiger partial charge is 0.490 e. The summed E-state index contributed by atoms with van der Waals surface area (Å²) in [6, 6.07) is 14.6. The molecule has 0 bridgehead atoms. The minimum absolute atomic E-state index is 0.0613. The number of fused-ring (bicyclic) bond motifs is 1. The summed E-state index contributed by atoms with van der Waals surface area (Å²) in [4.78, 5) is 17.1. The number of benzene rings is 2. The predicted molar refractivity (Wildman–Crippen MR) is 155 cm³/mol. The number of hydrogen-bond donors (Lipinski definition) is 1. The molecule has 7 rings (SSSR count). The molecule has 1 unspecified atom stereocenters. The van der Waals surface area contributed by atoms with Crippen LogP contribution in [0.5, 0.6) is 5.75 Å². The molecule has 214 valence electrons. The Morgan fingerprint density at radius 1 is 1.05 bits per heavy atom. The number of nitrogens with zero attached hydrogens (tertiary/aromatic N) is 3. The van der Waals surface area contributed by atoms with Crippen LogP contribution in [-0.2, 0) is 9.47 Å². The molecular formula is C32H36N4O5. The summed E-state index contributed by atoms with van der Waals surface area (Å²) in [7, 11) is 0. The molecule has 4 aromatic rings. The van der Waals surface area contributed by atoms with E-state index in [2.05, 4.69) is 32.2 Å². The lowest BCUT2D eigenvalue weighted by atomic mass is 9.92. The molecule has 3 fully saturated rings. The highest BCUT2D eigenvalue weighted by molar-refractivity contribution is 6.04. The molecule has 2 aliphatic carbocycles. The summed E-state index contributed by atoms with van der Waals surface area (Å²) in [5.74, 6) is 2.45. The lowest BCUT2D eigenvalue weighted by molar-refractivity contribution is 0.0256. The Bertz CT molecular complexity index is 1540. The average Bonchev–Trinajstić information content (AvgIpc) is 3.64. The van der Waals surface area contributed by atoms with E-state index in [-0.39, 0.29) is 12.2 Å². The van der Waals surface area contributed by atoms with E-state index in [0.29, 0.717) is 29.4 Å². The normalized spacial score (nSPS) is 18.7. The maximum Gasteiger partial charge on any atom is 0.411 e. The first kappa shape index (κ1) is 26.1. The Balaban J connectivity index is 1.28. The zero-order chi connectivity index (χ0) is 27.9. The van der Waals surface area contributed by atoms with Crippen molar-refractivity contribution in [1.82, 2.24) is 14.7 Å². The van der Waals surface area contributed by atoms with E-state index < -0.39 is 6.09 Å². The number of ether oxygens (including phenoxy) is 3. The third-order valence-electron chi connectivity index (χ3n) is 8.62. The first-order valence-electron chi connectivity index (χ1n) is 14.8. The summed E-state index contributed by atoms with van der Waals surface area (Å²) in [5, 5.41) is 8.29. The molecule has 3 aliphatic rings. The van der Waals surface area contributed by atoms with Crippen LogP contribution in [0.2, 0.25) is 0 Å². The molecule has 3 heterocycles. The smallest absolute Gasteiger partial charge is 0.411 e. The van der Waals surface area contributed by atoms with E-state index in [4.69, 9.17) is 18.7 Å². The Kier molecular flexibility index (Phi) is 6.90. The average molecular weight is 557 g/mol. The number of amides is 1. The summed E-state index contributed by atoms with van der Waals surface area (Å²) in [5.41, 5.74) is 4.80. The van der Waals surface area contributed by atoms with Crippen molar-refractivity contribution in [2.45, 2.75) is 77.0 Å². The van der Waals surface area contributed by atoms with E-state index >= 15 is 0 Å². The molecule has 1 atom stereocenters. The van der Waals surface area contributed by atoms with Gasteiger partial charge in [-0.05, 0) is 74.8 Å². The van der Waals surface area contributed by atoms with Crippen molar-refractivity contribution in [2.24, 2.45) is 5.92 Å². The second-order valence-electron chi connectivity index (χ2n) is 11.6. The van der Waals surface area contributed by atoms with Gasteiger partial charge in [-0.3, -0.25) is 5.32 Å². The van der Waals surface area contributed by atoms with E-state index in [0.717, 1.165) is 85.2 Å². The van der Waals surface area contributed by atoms with E-state index in [1.165, 1.54) is 6.42 Å². The highest BCUT2D eigenvalue weighted by Gasteiger charge is 2.32.